The largest absolute Gasteiger partial charge is 0.314 e. The van der Waals surface area contributed by atoms with E-state index in [1.54, 1.807) is 20.8 Å². The lowest BCUT2D eigenvalue weighted by Crippen LogP contribution is -3.17. The Morgan fingerprint density at radius 2 is 0.857 bits per heavy atom. The van der Waals surface area contributed by atoms with Gasteiger partial charge >= 0.3 is 5.52 Å². The van der Waals surface area contributed by atoms with Gasteiger partial charge < -0.3 is 0 Å². The molecule has 7 rings (SSSR count). The van der Waals surface area contributed by atoms with Crippen LogP contribution in [0.2, 0.25) is 0 Å². The van der Waals surface area contributed by atoms with Crippen molar-refractivity contribution in [2.24, 2.45) is 0 Å². The van der Waals surface area contributed by atoms with Crippen molar-refractivity contribution in [1.82, 2.24) is 0 Å². The van der Waals surface area contributed by atoms with Gasteiger partial charge in [-0.1, -0.05) is 84.9 Å². The van der Waals surface area contributed by atoms with Crippen molar-refractivity contribution in [2.45, 2.75) is 5.52 Å². The summed E-state index contributed by atoms with van der Waals surface area (Å²) in [5.41, 5.74) is 2.03. The minimum absolute atomic E-state index is 0.516. The van der Waals surface area contributed by atoms with Crippen molar-refractivity contribution in [3.05, 3.63) is 146 Å². The summed E-state index contributed by atoms with van der Waals surface area (Å²) >= 11 is 0. The molecule has 1 saturated heterocycles. The number of fused-ring (bicyclic) bond motifs is 3. The SMILES string of the molecule is c1ccc([P+]2(c3ccccc3)C[NH+]3c4ccccc4[P+](c4ccccc4)(c4ccccc4)[C@H]32)cc1. The molecule has 0 radical (unpaired) electrons. The molecule has 2 aliphatic rings. The molecule has 1 fully saturated rings. The highest BCUT2D eigenvalue weighted by Crippen LogP contribution is 2.80. The Morgan fingerprint density at radius 1 is 0.457 bits per heavy atom. The number of quaternary nitrogens is 1. The van der Waals surface area contributed by atoms with Crippen molar-refractivity contribution in [3.8, 4) is 0 Å². The number of rotatable bonds is 4. The summed E-state index contributed by atoms with van der Waals surface area (Å²) < 4.78 is 0. The van der Waals surface area contributed by atoms with E-state index < -0.39 is 14.5 Å². The van der Waals surface area contributed by atoms with Crippen molar-refractivity contribution < 1.29 is 4.90 Å². The van der Waals surface area contributed by atoms with Gasteiger partial charge in [0.25, 0.3) is 0 Å². The number of nitrogens with one attached hydrogen (secondary N) is 1. The van der Waals surface area contributed by atoms with Crippen molar-refractivity contribution in [3.63, 3.8) is 0 Å². The van der Waals surface area contributed by atoms with E-state index in [1.807, 2.05) is 0 Å². The summed E-state index contributed by atoms with van der Waals surface area (Å²) in [6, 6.07) is 55.2. The summed E-state index contributed by atoms with van der Waals surface area (Å²) in [6.07, 6.45) is 1.18. The Hall–Kier alpha value is -3.08. The molecule has 35 heavy (non-hydrogen) atoms. The highest BCUT2D eigenvalue weighted by molar-refractivity contribution is 8.09. The fraction of sp³-hybridized carbons (Fsp3) is 0.0625. The van der Waals surface area contributed by atoms with E-state index in [2.05, 4.69) is 146 Å². The summed E-state index contributed by atoms with van der Waals surface area (Å²) in [4.78, 5) is 1.68. The number of benzene rings is 5. The Labute approximate surface area is 208 Å². The number of hydrogen-bond acceptors (Lipinski definition) is 0. The van der Waals surface area contributed by atoms with Crippen molar-refractivity contribution in [1.29, 1.82) is 0 Å². The minimum atomic E-state index is -1.94. The van der Waals surface area contributed by atoms with E-state index in [1.165, 1.54) is 22.6 Å². The third-order valence-electron chi connectivity index (χ3n) is 7.91. The fourth-order valence-electron chi connectivity index (χ4n) is 6.57. The molecule has 2 heterocycles. The third kappa shape index (κ3) is 2.87. The maximum atomic E-state index is 2.44. The molecule has 3 heteroatoms. The van der Waals surface area contributed by atoms with Crippen LogP contribution in [0, 0.1) is 0 Å². The molecule has 1 unspecified atom stereocenters. The maximum Gasteiger partial charge on any atom is 0.314 e. The molecular formula is C32H28NP2+3. The van der Waals surface area contributed by atoms with Gasteiger partial charge in [0.1, 0.15) is 21.2 Å². The van der Waals surface area contributed by atoms with Crippen LogP contribution in [0.15, 0.2) is 146 Å². The summed E-state index contributed by atoms with van der Waals surface area (Å²) in [7, 11) is -3.64. The van der Waals surface area contributed by atoms with Crippen LogP contribution in [0.1, 0.15) is 0 Å². The molecule has 2 aliphatic heterocycles. The Morgan fingerprint density at radius 3 is 1.34 bits per heavy atom. The first-order valence-electron chi connectivity index (χ1n) is 12.3. The van der Waals surface area contributed by atoms with E-state index in [9.17, 15) is 0 Å². The zero-order valence-corrected chi connectivity index (χ0v) is 21.3. The van der Waals surface area contributed by atoms with Crippen LogP contribution in [0.5, 0.6) is 0 Å². The van der Waals surface area contributed by atoms with Gasteiger partial charge in [-0.05, 0) is 54.6 Å². The normalized spacial score (nSPS) is 20.9. The zero-order chi connectivity index (χ0) is 23.3. The van der Waals surface area contributed by atoms with E-state index in [-0.39, 0.29) is 0 Å². The highest BCUT2D eigenvalue weighted by atomic mass is 31.2. The van der Waals surface area contributed by atoms with Gasteiger partial charge in [-0.2, -0.15) is 0 Å². The number of para-hydroxylation sites is 1. The molecule has 0 amide bonds. The second-order valence-electron chi connectivity index (χ2n) is 9.51. The lowest BCUT2D eigenvalue weighted by atomic mass is 10.3. The lowest BCUT2D eigenvalue weighted by Gasteiger charge is -2.44. The second kappa shape index (κ2) is 8.25. The first-order chi connectivity index (χ1) is 17.4. The van der Waals surface area contributed by atoms with Crippen LogP contribution in [0.3, 0.4) is 0 Å². The molecule has 1 N–H and O–H groups in total. The molecule has 1 nitrogen and oxygen atoms in total. The van der Waals surface area contributed by atoms with E-state index in [0.29, 0.717) is 5.52 Å². The van der Waals surface area contributed by atoms with Gasteiger partial charge in [0.2, 0.25) is 20.8 Å². The second-order valence-corrected chi connectivity index (χ2v) is 17.0. The average Bonchev–Trinajstić information content (AvgIpc) is 3.17. The van der Waals surface area contributed by atoms with Crippen LogP contribution >= 0.6 is 14.5 Å². The Bertz CT molecular complexity index is 1390. The molecule has 5 aromatic carbocycles. The quantitative estimate of drug-likeness (QED) is 0.357. The third-order valence-corrected chi connectivity index (χ3v) is 19.0. The summed E-state index contributed by atoms with van der Waals surface area (Å²) in [5, 5.41) is 7.68. The van der Waals surface area contributed by atoms with Gasteiger partial charge in [-0.3, -0.25) is 0 Å². The first-order valence-corrected chi connectivity index (χ1v) is 16.2. The number of hydrogen-bond donors (Lipinski definition) is 1. The molecular weight excluding hydrogens is 460 g/mol. The molecule has 168 valence electrons. The monoisotopic (exact) mass is 488 g/mol. The predicted molar refractivity (Wildman–Crippen MR) is 153 cm³/mol. The summed E-state index contributed by atoms with van der Waals surface area (Å²) in [6.45, 7) is 0. The van der Waals surface area contributed by atoms with Gasteiger partial charge in [0.15, 0.2) is 11.0 Å². The van der Waals surface area contributed by atoms with Gasteiger partial charge in [0, 0.05) is 6.07 Å². The van der Waals surface area contributed by atoms with Crippen LogP contribution in [0.25, 0.3) is 0 Å². The lowest BCUT2D eigenvalue weighted by molar-refractivity contribution is -0.833. The maximum absolute atomic E-state index is 2.44. The molecule has 0 aliphatic carbocycles. The van der Waals surface area contributed by atoms with Crippen molar-refractivity contribution in [2.75, 3.05) is 6.29 Å². The van der Waals surface area contributed by atoms with Gasteiger partial charge in [-0.15, -0.1) is 0 Å². The van der Waals surface area contributed by atoms with Gasteiger partial charge in [-0.25, -0.2) is 4.90 Å². The van der Waals surface area contributed by atoms with E-state index >= 15 is 0 Å². The molecule has 0 saturated carbocycles. The molecule has 0 spiro atoms. The molecule has 2 atom stereocenters. The Kier molecular flexibility index (Phi) is 5.00. The molecule has 5 aromatic rings. The molecule has 0 bridgehead atoms. The average molecular weight is 489 g/mol. The zero-order valence-electron chi connectivity index (χ0n) is 19.5. The smallest absolute Gasteiger partial charge is 0.201 e. The minimum Gasteiger partial charge on any atom is -0.201 e. The van der Waals surface area contributed by atoms with E-state index in [0.717, 1.165) is 0 Å². The van der Waals surface area contributed by atoms with Crippen molar-refractivity contribution >= 4 is 46.7 Å². The Balaban J connectivity index is 1.61. The predicted octanol–water partition coefficient (Wildman–Crippen LogP) is 4.43. The van der Waals surface area contributed by atoms with Gasteiger partial charge in [0.05, 0.1) is 0 Å². The highest BCUT2D eigenvalue weighted by Gasteiger charge is 2.85. The topological polar surface area (TPSA) is 4.44 Å². The standard InChI is InChI=1S/C32H27NP2/c1-5-15-26(16-6-1)34(27-17-7-2-8-18-27)25-33-30-23-13-14-24-31(30)35(32(33)34,28-19-9-3-10-20-28)29-21-11-4-12-22-29/h1-24,32H,25H2/q+2/p+1/t32-/m1/s1. The summed E-state index contributed by atoms with van der Waals surface area (Å²) in [5.74, 6) is 0. The van der Waals surface area contributed by atoms with Crippen LogP contribution in [-0.2, 0) is 0 Å². The van der Waals surface area contributed by atoms with Crippen LogP contribution < -0.4 is 31.4 Å². The first kappa shape index (κ1) is 21.2. The molecule has 0 aromatic heterocycles. The van der Waals surface area contributed by atoms with Crippen LogP contribution in [-0.4, -0.2) is 11.8 Å². The van der Waals surface area contributed by atoms with Crippen LogP contribution in [0.4, 0.5) is 5.69 Å². The van der Waals surface area contributed by atoms with E-state index in [4.69, 9.17) is 0 Å². The fourth-order valence-corrected chi connectivity index (χ4v) is 20.0.